The maximum atomic E-state index is 12.7. The SMILES string of the molecule is Nc1cc(Br)ccc1Sc1ccc(F)cc1. The van der Waals surface area contributed by atoms with Crippen LogP contribution in [0.3, 0.4) is 0 Å². The summed E-state index contributed by atoms with van der Waals surface area (Å²) in [5.74, 6) is -0.229. The number of anilines is 1. The van der Waals surface area contributed by atoms with E-state index < -0.39 is 0 Å². The molecule has 0 aliphatic rings. The van der Waals surface area contributed by atoms with Crippen molar-refractivity contribution in [2.24, 2.45) is 0 Å². The van der Waals surface area contributed by atoms with Gasteiger partial charge < -0.3 is 5.73 Å². The van der Waals surface area contributed by atoms with Gasteiger partial charge in [0.25, 0.3) is 0 Å². The number of nitrogens with two attached hydrogens (primary N) is 1. The number of benzene rings is 2. The molecule has 2 rings (SSSR count). The molecule has 2 aromatic carbocycles. The van der Waals surface area contributed by atoms with E-state index in [-0.39, 0.29) is 5.82 Å². The van der Waals surface area contributed by atoms with Crippen LogP contribution in [0.4, 0.5) is 10.1 Å². The smallest absolute Gasteiger partial charge is 0.123 e. The average molecular weight is 298 g/mol. The molecule has 0 saturated carbocycles. The molecule has 0 radical (unpaired) electrons. The summed E-state index contributed by atoms with van der Waals surface area (Å²) < 4.78 is 13.7. The number of hydrogen-bond donors (Lipinski definition) is 1. The minimum Gasteiger partial charge on any atom is -0.398 e. The molecule has 0 saturated heterocycles. The Morgan fingerprint density at radius 1 is 1.06 bits per heavy atom. The molecule has 0 aliphatic carbocycles. The van der Waals surface area contributed by atoms with Gasteiger partial charge in [0.15, 0.2) is 0 Å². The summed E-state index contributed by atoms with van der Waals surface area (Å²) in [6, 6.07) is 12.1. The Hall–Kier alpha value is -1.00. The van der Waals surface area contributed by atoms with Crippen LogP contribution >= 0.6 is 27.7 Å². The lowest BCUT2D eigenvalue weighted by Gasteiger charge is -2.05. The Balaban J connectivity index is 2.23. The van der Waals surface area contributed by atoms with Gasteiger partial charge in [-0.3, -0.25) is 0 Å². The van der Waals surface area contributed by atoms with Crippen LogP contribution in [0.2, 0.25) is 0 Å². The summed E-state index contributed by atoms with van der Waals surface area (Å²) in [5.41, 5.74) is 6.59. The molecular formula is C12H9BrFNS. The maximum absolute atomic E-state index is 12.7. The monoisotopic (exact) mass is 297 g/mol. The Morgan fingerprint density at radius 2 is 1.75 bits per heavy atom. The quantitative estimate of drug-likeness (QED) is 0.836. The molecule has 16 heavy (non-hydrogen) atoms. The maximum Gasteiger partial charge on any atom is 0.123 e. The van der Waals surface area contributed by atoms with Gasteiger partial charge in [-0.15, -0.1) is 0 Å². The van der Waals surface area contributed by atoms with E-state index in [1.165, 1.54) is 23.9 Å². The fourth-order valence-corrected chi connectivity index (χ4v) is 2.46. The summed E-state index contributed by atoms with van der Waals surface area (Å²) in [7, 11) is 0. The molecule has 0 aromatic heterocycles. The second-order valence-electron chi connectivity index (χ2n) is 3.24. The predicted molar refractivity (Wildman–Crippen MR) is 69.1 cm³/mol. The first kappa shape index (κ1) is 11.5. The number of halogens is 2. The van der Waals surface area contributed by atoms with Crippen molar-refractivity contribution >= 4 is 33.4 Å². The first-order valence-corrected chi connectivity index (χ1v) is 6.24. The van der Waals surface area contributed by atoms with Crippen LogP contribution in [-0.4, -0.2) is 0 Å². The van der Waals surface area contributed by atoms with E-state index >= 15 is 0 Å². The third-order valence-corrected chi connectivity index (χ3v) is 3.61. The first-order valence-electron chi connectivity index (χ1n) is 4.63. The van der Waals surface area contributed by atoms with Crippen molar-refractivity contribution in [3.63, 3.8) is 0 Å². The molecule has 0 fully saturated rings. The Bertz CT molecular complexity index is 499. The van der Waals surface area contributed by atoms with Gasteiger partial charge in [0.1, 0.15) is 5.82 Å². The molecule has 0 aliphatic heterocycles. The molecule has 2 aromatic rings. The van der Waals surface area contributed by atoms with E-state index in [2.05, 4.69) is 15.9 Å². The largest absolute Gasteiger partial charge is 0.398 e. The molecule has 0 atom stereocenters. The minimum absolute atomic E-state index is 0.229. The standard InChI is InChI=1S/C12H9BrFNS/c13-8-1-6-12(11(15)7-8)16-10-4-2-9(14)3-5-10/h1-7H,15H2. The highest BCUT2D eigenvalue weighted by molar-refractivity contribution is 9.10. The van der Waals surface area contributed by atoms with E-state index in [1.54, 1.807) is 12.1 Å². The van der Waals surface area contributed by atoms with Crippen LogP contribution in [0.15, 0.2) is 56.7 Å². The van der Waals surface area contributed by atoms with E-state index in [0.29, 0.717) is 5.69 Å². The highest BCUT2D eigenvalue weighted by Gasteiger charge is 2.02. The summed E-state index contributed by atoms with van der Waals surface area (Å²) >= 11 is 4.87. The summed E-state index contributed by atoms with van der Waals surface area (Å²) in [4.78, 5) is 1.94. The summed E-state index contributed by atoms with van der Waals surface area (Å²) in [5, 5.41) is 0. The Kier molecular flexibility index (Phi) is 3.51. The van der Waals surface area contributed by atoms with Crippen molar-refractivity contribution in [3.05, 3.63) is 52.8 Å². The summed E-state index contributed by atoms with van der Waals surface area (Å²) in [6.07, 6.45) is 0. The Morgan fingerprint density at radius 3 is 2.38 bits per heavy atom. The van der Waals surface area contributed by atoms with Crippen LogP contribution in [0.1, 0.15) is 0 Å². The zero-order valence-corrected chi connectivity index (χ0v) is 10.7. The minimum atomic E-state index is -0.229. The van der Waals surface area contributed by atoms with Crippen LogP contribution in [0, 0.1) is 5.82 Å². The summed E-state index contributed by atoms with van der Waals surface area (Å²) in [6.45, 7) is 0. The zero-order valence-electron chi connectivity index (χ0n) is 8.28. The molecular weight excluding hydrogens is 289 g/mol. The lowest BCUT2D eigenvalue weighted by Crippen LogP contribution is -1.88. The van der Waals surface area contributed by atoms with Crippen molar-refractivity contribution in [3.8, 4) is 0 Å². The van der Waals surface area contributed by atoms with Crippen LogP contribution in [0.5, 0.6) is 0 Å². The Labute approximate surface area is 106 Å². The third-order valence-electron chi connectivity index (χ3n) is 2.01. The van der Waals surface area contributed by atoms with Crippen molar-refractivity contribution in [2.45, 2.75) is 9.79 Å². The van der Waals surface area contributed by atoms with Gasteiger partial charge in [0, 0.05) is 20.0 Å². The molecule has 0 amide bonds. The molecule has 1 nitrogen and oxygen atoms in total. The number of rotatable bonds is 2. The number of nitrogen functional groups attached to an aromatic ring is 1. The number of hydrogen-bond acceptors (Lipinski definition) is 2. The van der Waals surface area contributed by atoms with Gasteiger partial charge >= 0.3 is 0 Å². The zero-order chi connectivity index (χ0) is 11.5. The molecule has 0 spiro atoms. The van der Waals surface area contributed by atoms with E-state index in [1.807, 2.05) is 18.2 Å². The van der Waals surface area contributed by atoms with Gasteiger partial charge in [-0.25, -0.2) is 4.39 Å². The highest BCUT2D eigenvalue weighted by Crippen LogP contribution is 2.33. The molecule has 2 N–H and O–H groups in total. The van der Waals surface area contributed by atoms with E-state index in [0.717, 1.165) is 14.3 Å². The van der Waals surface area contributed by atoms with Gasteiger partial charge in [0.2, 0.25) is 0 Å². The van der Waals surface area contributed by atoms with Gasteiger partial charge in [-0.1, -0.05) is 27.7 Å². The van der Waals surface area contributed by atoms with Gasteiger partial charge in [0.05, 0.1) is 0 Å². The fourth-order valence-electron chi connectivity index (χ4n) is 1.24. The van der Waals surface area contributed by atoms with Crippen molar-refractivity contribution in [2.75, 3.05) is 5.73 Å². The second-order valence-corrected chi connectivity index (χ2v) is 5.27. The normalized spacial score (nSPS) is 10.4. The van der Waals surface area contributed by atoms with Crippen LogP contribution in [-0.2, 0) is 0 Å². The molecule has 0 unspecified atom stereocenters. The van der Waals surface area contributed by atoms with Crippen LogP contribution < -0.4 is 5.73 Å². The van der Waals surface area contributed by atoms with E-state index in [9.17, 15) is 4.39 Å². The second kappa shape index (κ2) is 4.89. The lowest BCUT2D eigenvalue weighted by molar-refractivity contribution is 0.626. The van der Waals surface area contributed by atoms with E-state index in [4.69, 9.17) is 5.73 Å². The predicted octanol–water partition coefficient (Wildman–Crippen LogP) is 4.32. The third kappa shape index (κ3) is 2.77. The van der Waals surface area contributed by atoms with Gasteiger partial charge in [-0.05, 0) is 42.5 Å². The van der Waals surface area contributed by atoms with Crippen molar-refractivity contribution < 1.29 is 4.39 Å². The van der Waals surface area contributed by atoms with Crippen molar-refractivity contribution in [1.82, 2.24) is 0 Å². The van der Waals surface area contributed by atoms with Crippen molar-refractivity contribution in [1.29, 1.82) is 0 Å². The lowest BCUT2D eigenvalue weighted by atomic mass is 10.3. The first-order chi connectivity index (χ1) is 7.65. The highest BCUT2D eigenvalue weighted by atomic mass is 79.9. The molecule has 82 valence electrons. The average Bonchev–Trinajstić information content (AvgIpc) is 2.25. The topological polar surface area (TPSA) is 26.0 Å². The molecule has 0 heterocycles. The van der Waals surface area contributed by atoms with Crippen LogP contribution in [0.25, 0.3) is 0 Å². The molecule has 0 bridgehead atoms. The fraction of sp³-hybridized carbons (Fsp3) is 0. The van der Waals surface area contributed by atoms with Gasteiger partial charge in [-0.2, -0.15) is 0 Å². The molecule has 4 heteroatoms.